The molecule has 0 spiro atoms. The zero-order valence-electron chi connectivity index (χ0n) is 14.0. The van der Waals surface area contributed by atoms with Gasteiger partial charge < -0.3 is 15.3 Å². The van der Waals surface area contributed by atoms with Crippen LogP contribution in [-0.2, 0) is 22.4 Å². The van der Waals surface area contributed by atoms with Gasteiger partial charge in [0.2, 0.25) is 5.91 Å². The molecule has 0 aliphatic heterocycles. The summed E-state index contributed by atoms with van der Waals surface area (Å²) in [5.74, 6) is -1.04. The third-order valence-electron chi connectivity index (χ3n) is 3.70. The van der Waals surface area contributed by atoms with E-state index < -0.39 is 5.97 Å². The van der Waals surface area contributed by atoms with Gasteiger partial charge in [0.05, 0.1) is 6.42 Å². The Bertz CT molecular complexity index is 726. The first-order valence-electron chi connectivity index (χ1n) is 7.81. The number of carbonyl (C=O) groups is 2. The molecule has 2 rings (SSSR count). The molecule has 2 N–H and O–H groups in total. The highest BCUT2D eigenvalue weighted by atomic mass is 16.4. The first kappa shape index (κ1) is 17.5. The molecule has 5 heteroatoms. The molecule has 0 aromatic heterocycles. The lowest BCUT2D eigenvalue weighted by atomic mass is 10.1. The van der Waals surface area contributed by atoms with Crippen LogP contribution in [0.4, 0.5) is 11.4 Å². The lowest BCUT2D eigenvalue weighted by Gasteiger charge is -2.14. The number of carboxylic acids is 1. The second-order valence-electron chi connectivity index (χ2n) is 5.84. The van der Waals surface area contributed by atoms with Gasteiger partial charge in [-0.15, -0.1) is 0 Å². The van der Waals surface area contributed by atoms with Gasteiger partial charge in [0, 0.05) is 31.9 Å². The van der Waals surface area contributed by atoms with Crippen molar-refractivity contribution in [1.29, 1.82) is 0 Å². The van der Waals surface area contributed by atoms with Crippen molar-refractivity contribution in [2.24, 2.45) is 0 Å². The van der Waals surface area contributed by atoms with Gasteiger partial charge >= 0.3 is 5.97 Å². The third-order valence-corrected chi connectivity index (χ3v) is 3.70. The second kappa shape index (κ2) is 8.15. The monoisotopic (exact) mass is 326 g/mol. The average molecular weight is 326 g/mol. The Kier molecular flexibility index (Phi) is 5.95. The maximum atomic E-state index is 12.2. The van der Waals surface area contributed by atoms with Gasteiger partial charge in [-0.3, -0.25) is 9.59 Å². The molecule has 126 valence electrons. The minimum Gasteiger partial charge on any atom is -0.481 e. The molecule has 0 radical (unpaired) electrons. The first-order chi connectivity index (χ1) is 11.5. The van der Waals surface area contributed by atoms with Gasteiger partial charge in [0.25, 0.3) is 0 Å². The van der Waals surface area contributed by atoms with Gasteiger partial charge in [0.15, 0.2) is 0 Å². The van der Waals surface area contributed by atoms with E-state index in [4.69, 9.17) is 5.11 Å². The van der Waals surface area contributed by atoms with Crippen molar-refractivity contribution >= 4 is 23.3 Å². The Morgan fingerprint density at radius 1 is 1.08 bits per heavy atom. The summed E-state index contributed by atoms with van der Waals surface area (Å²) in [4.78, 5) is 25.1. The van der Waals surface area contributed by atoms with Crippen molar-refractivity contribution < 1.29 is 14.7 Å². The SMILES string of the molecule is CN(C)c1cccc(CCC(=O)Nc2ccccc2CC(=O)O)c1. The molecule has 0 saturated heterocycles. The lowest BCUT2D eigenvalue weighted by molar-refractivity contribution is -0.136. The van der Waals surface area contributed by atoms with Crippen molar-refractivity contribution in [1.82, 2.24) is 0 Å². The first-order valence-corrected chi connectivity index (χ1v) is 7.81. The van der Waals surface area contributed by atoms with Crippen molar-refractivity contribution in [3.63, 3.8) is 0 Å². The van der Waals surface area contributed by atoms with Crippen molar-refractivity contribution in [2.45, 2.75) is 19.3 Å². The quantitative estimate of drug-likeness (QED) is 0.821. The number of aryl methyl sites for hydroxylation is 1. The van der Waals surface area contributed by atoms with E-state index in [1.807, 2.05) is 37.2 Å². The Hall–Kier alpha value is -2.82. The largest absolute Gasteiger partial charge is 0.481 e. The number of rotatable bonds is 7. The number of anilines is 2. The van der Waals surface area contributed by atoms with Crippen LogP contribution < -0.4 is 10.2 Å². The number of amides is 1. The molecule has 0 heterocycles. The molecule has 2 aromatic carbocycles. The van der Waals surface area contributed by atoms with E-state index in [1.165, 1.54) is 0 Å². The summed E-state index contributed by atoms with van der Waals surface area (Å²) < 4.78 is 0. The summed E-state index contributed by atoms with van der Waals surface area (Å²) >= 11 is 0. The number of hydrogen-bond acceptors (Lipinski definition) is 3. The molecule has 24 heavy (non-hydrogen) atoms. The molecule has 0 fully saturated rings. The topological polar surface area (TPSA) is 69.6 Å². The van der Waals surface area contributed by atoms with Crippen molar-refractivity contribution in [3.8, 4) is 0 Å². The van der Waals surface area contributed by atoms with Crippen LogP contribution in [0.25, 0.3) is 0 Å². The molecule has 5 nitrogen and oxygen atoms in total. The van der Waals surface area contributed by atoms with Crippen LogP contribution in [0.15, 0.2) is 48.5 Å². The number of aliphatic carboxylic acids is 1. The van der Waals surface area contributed by atoms with Gasteiger partial charge in [0.1, 0.15) is 0 Å². The maximum Gasteiger partial charge on any atom is 0.307 e. The Morgan fingerprint density at radius 2 is 1.83 bits per heavy atom. The predicted molar refractivity (Wildman–Crippen MR) is 95.5 cm³/mol. The second-order valence-corrected chi connectivity index (χ2v) is 5.84. The van der Waals surface area contributed by atoms with E-state index in [2.05, 4.69) is 11.4 Å². The number of nitrogens with one attached hydrogen (secondary N) is 1. The van der Waals surface area contributed by atoms with Crippen LogP contribution in [0.3, 0.4) is 0 Å². The average Bonchev–Trinajstić information content (AvgIpc) is 2.54. The molecule has 0 aliphatic rings. The zero-order valence-corrected chi connectivity index (χ0v) is 14.0. The smallest absolute Gasteiger partial charge is 0.307 e. The maximum absolute atomic E-state index is 12.2. The van der Waals surface area contributed by atoms with Crippen LogP contribution in [0.1, 0.15) is 17.5 Å². The Labute approximate surface area is 141 Å². The van der Waals surface area contributed by atoms with Gasteiger partial charge in [-0.2, -0.15) is 0 Å². The Balaban J connectivity index is 1.97. The predicted octanol–water partition coefficient (Wildman–Crippen LogP) is 2.95. The molecule has 0 aliphatic carbocycles. The molecule has 2 aromatic rings. The van der Waals surface area contributed by atoms with Crippen molar-refractivity contribution in [2.75, 3.05) is 24.3 Å². The van der Waals surface area contributed by atoms with E-state index in [-0.39, 0.29) is 12.3 Å². The highest BCUT2D eigenvalue weighted by Crippen LogP contribution is 2.17. The highest BCUT2D eigenvalue weighted by Gasteiger charge is 2.09. The van der Waals surface area contributed by atoms with E-state index >= 15 is 0 Å². The minimum absolute atomic E-state index is 0.110. The molecule has 0 unspecified atom stereocenters. The summed E-state index contributed by atoms with van der Waals surface area (Å²) in [5, 5.41) is 11.7. The summed E-state index contributed by atoms with van der Waals surface area (Å²) in [5.41, 5.74) is 3.36. The lowest BCUT2D eigenvalue weighted by Crippen LogP contribution is -2.15. The van der Waals surface area contributed by atoms with Crippen molar-refractivity contribution in [3.05, 3.63) is 59.7 Å². The summed E-state index contributed by atoms with van der Waals surface area (Å²) in [6.07, 6.45) is 0.869. The molecule has 0 saturated carbocycles. The van der Waals surface area contributed by atoms with Gasteiger partial charge in [-0.05, 0) is 35.7 Å². The normalized spacial score (nSPS) is 10.2. The minimum atomic E-state index is -0.919. The number of carboxylic acid groups (broad SMARTS) is 1. The number of para-hydroxylation sites is 1. The zero-order chi connectivity index (χ0) is 17.5. The fraction of sp³-hybridized carbons (Fsp3) is 0.263. The number of carbonyl (C=O) groups excluding carboxylic acids is 1. The fourth-order valence-electron chi connectivity index (χ4n) is 2.42. The summed E-state index contributed by atoms with van der Waals surface area (Å²) in [6, 6.07) is 15.0. The fourth-order valence-corrected chi connectivity index (χ4v) is 2.42. The molecule has 1 amide bonds. The van der Waals surface area contributed by atoms with Gasteiger partial charge in [-0.1, -0.05) is 30.3 Å². The Morgan fingerprint density at radius 3 is 2.54 bits per heavy atom. The van der Waals surface area contributed by atoms with E-state index in [0.717, 1.165) is 11.3 Å². The number of hydrogen-bond donors (Lipinski definition) is 2. The van der Waals surface area contributed by atoms with E-state index in [0.29, 0.717) is 24.1 Å². The van der Waals surface area contributed by atoms with E-state index in [1.54, 1.807) is 24.3 Å². The van der Waals surface area contributed by atoms with Crippen LogP contribution >= 0.6 is 0 Å². The van der Waals surface area contributed by atoms with Crippen LogP contribution in [0, 0.1) is 0 Å². The molecule has 0 atom stereocenters. The van der Waals surface area contributed by atoms with Crippen LogP contribution in [-0.4, -0.2) is 31.1 Å². The molecular weight excluding hydrogens is 304 g/mol. The standard InChI is InChI=1S/C19H22N2O3/c1-21(2)16-8-5-6-14(12-16)10-11-18(22)20-17-9-4-3-7-15(17)13-19(23)24/h3-9,12H,10-11,13H2,1-2H3,(H,20,22)(H,23,24). The highest BCUT2D eigenvalue weighted by molar-refractivity contribution is 5.92. The molecule has 0 bridgehead atoms. The summed E-state index contributed by atoms with van der Waals surface area (Å²) in [6.45, 7) is 0. The summed E-state index contributed by atoms with van der Waals surface area (Å²) in [7, 11) is 3.95. The van der Waals surface area contributed by atoms with Crippen LogP contribution in [0.5, 0.6) is 0 Å². The number of nitrogens with zero attached hydrogens (tertiary/aromatic N) is 1. The third kappa shape index (κ3) is 5.12. The van der Waals surface area contributed by atoms with Gasteiger partial charge in [-0.25, -0.2) is 0 Å². The van der Waals surface area contributed by atoms with E-state index in [9.17, 15) is 9.59 Å². The number of benzene rings is 2. The molecular formula is C19H22N2O3. The van der Waals surface area contributed by atoms with Crippen LogP contribution in [0.2, 0.25) is 0 Å².